The van der Waals surface area contributed by atoms with Crippen molar-refractivity contribution in [3.63, 3.8) is 0 Å². The monoisotopic (exact) mass is 352 g/mol. The van der Waals surface area contributed by atoms with Gasteiger partial charge < -0.3 is 10.4 Å². The third-order valence-corrected chi connectivity index (χ3v) is 3.40. The fourth-order valence-electron chi connectivity index (χ4n) is 1.40. The molecule has 0 aliphatic heterocycles. The molecule has 0 bridgehead atoms. The number of H-pyrrole nitrogens is 1. The predicted molar refractivity (Wildman–Crippen MR) is 88.2 cm³/mol. The van der Waals surface area contributed by atoms with Crippen LogP contribution in [0.25, 0.3) is 0 Å². The fraction of sp³-hybridized carbons (Fsp3) is 0.0833. The van der Waals surface area contributed by atoms with E-state index in [1.807, 2.05) is 0 Å². The molecule has 1 aromatic heterocycles. The largest absolute Gasteiger partial charge is 0.507 e. The van der Waals surface area contributed by atoms with Crippen molar-refractivity contribution in [2.75, 3.05) is 11.9 Å². The number of hydrogen-bond donors (Lipinski definition) is 5. The highest BCUT2D eigenvalue weighted by Gasteiger charge is 2.06. The quantitative estimate of drug-likeness (QED) is 0.313. The zero-order valence-corrected chi connectivity index (χ0v) is 13.2. The van der Waals surface area contributed by atoms with Crippen LogP contribution in [0.15, 0.2) is 29.4 Å². The molecule has 0 saturated heterocycles. The van der Waals surface area contributed by atoms with E-state index in [9.17, 15) is 14.7 Å². The Morgan fingerprint density at radius 2 is 2.22 bits per heavy atom. The Morgan fingerprint density at radius 3 is 2.91 bits per heavy atom. The summed E-state index contributed by atoms with van der Waals surface area (Å²) in [5.41, 5.74) is 2.68. The summed E-state index contributed by atoms with van der Waals surface area (Å²) < 4.78 is 0.427. The summed E-state index contributed by atoms with van der Waals surface area (Å²) in [6.45, 7) is -0.278. The third kappa shape index (κ3) is 5.48. The van der Waals surface area contributed by atoms with Crippen molar-refractivity contribution in [2.24, 2.45) is 5.10 Å². The summed E-state index contributed by atoms with van der Waals surface area (Å²) in [5.74, 6) is -0.481. The minimum Gasteiger partial charge on any atom is -0.507 e. The van der Waals surface area contributed by atoms with Gasteiger partial charge in [0, 0.05) is 5.56 Å². The van der Waals surface area contributed by atoms with Gasteiger partial charge in [0.25, 0.3) is 5.91 Å². The lowest BCUT2D eigenvalue weighted by Gasteiger charge is -2.03. The third-order valence-electron chi connectivity index (χ3n) is 2.40. The van der Waals surface area contributed by atoms with Crippen LogP contribution < -0.4 is 16.1 Å². The van der Waals surface area contributed by atoms with Crippen LogP contribution >= 0.6 is 23.6 Å². The number of anilines is 1. The fourth-order valence-corrected chi connectivity index (χ4v) is 2.18. The maximum Gasteiger partial charge on any atom is 0.321 e. The molecule has 11 heteroatoms. The molecule has 0 atom stereocenters. The highest BCUT2D eigenvalue weighted by Crippen LogP contribution is 2.12. The number of benzene rings is 1. The van der Waals surface area contributed by atoms with E-state index >= 15 is 0 Å². The van der Waals surface area contributed by atoms with E-state index < -0.39 is 11.9 Å². The van der Waals surface area contributed by atoms with Gasteiger partial charge in [0.05, 0.1) is 6.21 Å². The van der Waals surface area contributed by atoms with E-state index in [-0.39, 0.29) is 12.3 Å². The number of urea groups is 1. The van der Waals surface area contributed by atoms with Gasteiger partial charge in [0.2, 0.25) is 5.13 Å². The number of aromatic amines is 1. The average molecular weight is 352 g/mol. The molecule has 120 valence electrons. The second kappa shape index (κ2) is 8.00. The smallest absolute Gasteiger partial charge is 0.321 e. The summed E-state index contributed by atoms with van der Waals surface area (Å²) >= 11 is 5.91. The van der Waals surface area contributed by atoms with Crippen LogP contribution in [-0.2, 0) is 4.79 Å². The zero-order chi connectivity index (χ0) is 16.7. The van der Waals surface area contributed by atoms with Crippen molar-refractivity contribution in [1.82, 2.24) is 20.9 Å². The molecule has 3 amide bonds. The van der Waals surface area contributed by atoms with Gasteiger partial charge in [-0.25, -0.2) is 10.2 Å². The van der Waals surface area contributed by atoms with Gasteiger partial charge in [0.1, 0.15) is 12.3 Å². The standard InChI is InChI=1S/C12H12N6O3S2/c19-8-4-2-1-3-7(8)5-14-16-9(20)6-13-10(21)15-11-17-18-12(22)23-11/h1-5,19H,6H2,(H,16,20)(H,18,22)(H2,13,15,17,21)/b14-5-. The molecule has 0 saturated carbocycles. The number of aromatic nitrogens is 2. The molecule has 0 aliphatic carbocycles. The highest BCUT2D eigenvalue weighted by atomic mass is 32.1. The van der Waals surface area contributed by atoms with Crippen LogP contribution in [0.5, 0.6) is 5.75 Å². The normalized spacial score (nSPS) is 10.4. The van der Waals surface area contributed by atoms with Crippen LogP contribution in [0.3, 0.4) is 0 Å². The number of phenols is 1. The summed E-state index contributed by atoms with van der Waals surface area (Å²) in [4.78, 5) is 23.0. The molecule has 2 aromatic rings. The molecule has 0 spiro atoms. The number of amides is 3. The van der Waals surface area contributed by atoms with Gasteiger partial charge in [-0.05, 0) is 24.4 Å². The SMILES string of the molecule is O=C(CNC(=O)Nc1n[nH]c(=S)s1)N/N=C\c1ccccc1O. The molecule has 0 fully saturated rings. The predicted octanol–water partition coefficient (Wildman–Crippen LogP) is 1.18. The number of rotatable bonds is 5. The van der Waals surface area contributed by atoms with Crippen LogP contribution in [-0.4, -0.2) is 40.0 Å². The number of hydrazone groups is 1. The minimum absolute atomic E-state index is 0.0457. The number of carbonyl (C=O) groups excluding carboxylic acids is 2. The molecule has 0 radical (unpaired) electrons. The average Bonchev–Trinajstić information content (AvgIpc) is 2.92. The second-order valence-corrected chi connectivity index (χ2v) is 5.74. The summed E-state index contributed by atoms with van der Waals surface area (Å²) in [5, 5.41) is 24.5. The highest BCUT2D eigenvalue weighted by molar-refractivity contribution is 7.73. The van der Waals surface area contributed by atoms with Gasteiger partial charge in [-0.3, -0.25) is 15.2 Å². The van der Waals surface area contributed by atoms with Gasteiger partial charge in [-0.2, -0.15) is 5.10 Å². The molecule has 2 rings (SSSR count). The number of carbonyl (C=O) groups is 2. The van der Waals surface area contributed by atoms with Crippen molar-refractivity contribution in [1.29, 1.82) is 0 Å². The van der Waals surface area contributed by atoms with E-state index in [0.29, 0.717) is 14.6 Å². The van der Waals surface area contributed by atoms with Crippen molar-refractivity contribution in [3.05, 3.63) is 33.8 Å². The maximum absolute atomic E-state index is 11.5. The van der Waals surface area contributed by atoms with Crippen LogP contribution in [0.4, 0.5) is 9.93 Å². The van der Waals surface area contributed by atoms with E-state index in [0.717, 1.165) is 11.3 Å². The van der Waals surface area contributed by atoms with Crippen LogP contribution in [0.1, 0.15) is 5.56 Å². The molecule has 23 heavy (non-hydrogen) atoms. The van der Waals surface area contributed by atoms with Gasteiger partial charge in [-0.15, -0.1) is 5.10 Å². The van der Waals surface area contributed by atoms with Crippen molar-refractivity contribution in [2.45, 2.75) is 0 Å². The first-order valence-electron chi connectivity index (χ1n) is 6.25. The zero-order valence-electron chi connectivity index (χ0n) is 11.6. The Kier molecular flexibility index (Phi) is 5.77. The summed E-state index contributed by atoms with van der Waals surface area (Å²) in [6.07, 6.45) is 1.30. The van der Waals surface area contributed by atoms with Gasteiger partial charge in [0.15, 0.2) is 3.95 Å². The van der Waals surface area contributed by atoms with Crippen molar-refractivity contribution >= 4 is 46.8 Å². The first kappa shape index (κ1) is 16.6. The number of para-hydroxylation sites is 1. The summed E-state index contributed by atoms with van der Waals surface area (Å²) in [7, 11) is 0. The molecule has 5 N–H and O–H groups in total. The van der Waals surface area contributed by atoms with E-state index in [4.69, 9.17) is 12.2 Å². The molecular weight excluding hydrogens is 340 g/mol. The Hall–Kier alpha value is -2.79. The van der Waals surface area contributed by atoms with Crippen LogP contribution in [0.2, 0.25) is 0 Å². The first-order chi connectivity index (χ1) is 11.0. The number of hydrogen-bond acceptors (Lipinski definition) is 7. The number of aromatic hydroxyl groups is 1. The molecule has 1 heterocycles. The molecule has 9 nitrogen and oxygen atoms in total. The first-order valence-corrected chi connectivity index (χ1v) is 7.47. The number of phenolic OH excluding ortho intramolecular Hbond substituents is 1. The molecule has 1 aromatic carbocycles. The topological polar surface area (TPSA) is 132 Å². The van der Waals surface area contributed by atoms with Crippen LogP contribution in [0, 0.1) is 3.95 Å². The van der Waals surface area contributed by atoms with E-state index in [1.165, 1.54) is 12.3 Å². The van der Waals surface area contributed by atoms with E-state index in [1.54, 1.807) is 18.2 Å². The Bertz CT molecular complexity index is 785. The van der Waals surface area contributed by atoms with Gasteiger partial charge >= 0.3 is 6.03 Å². The Labute approximate surface area is 139 Å². The number of nitrogens with one attached hydrogen (secondary N) is 4. The number of nitrogens with zero attached hydrogens (tertiary/aromatic N) is 2. The maximum atomic E-state index is 11.5. The van der Waals surface area contributed by atoms with Crippen molar-refractivity contribution < 1.29 is 14.7 Å². The molecular formula is C12H12N6O3S2. The summed E-state index contributed by atoms with van der Waals surface area (Å²) in [6, 6.07) is 5.93. The lowest BCUT2D eigenvalue weighted by Crippen LogP contribution is -2.37. The Morgan fingerprint density at radius 1 is 1.43 bits per heavy atom. The lowest BCUT2D eigenvalue weighted by molar-refractivity contribution is -0.120. The van der Waals surface area contributed by atoms with Crippen molar-refractivity contribution in [3.8, 4) is 5.75 Å². The second-order valence-electron chi connectivity index (χ2n) is 4.08. The van der Waals surface area contributed by atoms with Gasteiger partial charge in [-0.1, -0.05) is 23.5 Å². The van der Waals surface area contributed by atoms with E-state index in [2.05, 4.69) is 31.4 Å². The lowest BCUT2D eigenvalue weighted by atomic mass is 10.2. The Balaban J connectivity index is 1.73. The minimum atomic E-state index is -0.595. The molecule has 0 unspecified atom stereocenters. The molecule has 0 aliphatic rings.